The molecule has 0 fully saturated rings. The van der Waals surface area contributed by atoms with Crippen LogP contribution in [0.5, 0.6) is 11.5 Å². The first-order chi connectivity index (χ1) is 11.2. The molecule has 0 aromatic heterocycles. The summed E-state index contributed by atoms with van der Waals surface area (Å²) in [7, 11) is 0. The number of carbonyl (C=O) groups excluding carboxylic acids is 1. The first kappa shape index (κ1) is 17.8. The lowest BCUT2D eigenvalue weighted by molar-refractivity contribution is -0.217. The van der Waals surface area contributed by atoms with Gasteiger partial charge in [0.25, 0.3) is 0 Å². The Hall–Kier alpha value is -2.57. The molecule has 2 aromatic rings. The van der Waals surface area contributed by atoms with Crippen LogP contribution in [0.3, 0.4) is 0 Å². The molecule has 0 aliphatic carbocycles. The number of carbonyl (C=O) groups is 1. The molecule has 7 heteroatoms. The Morgan fingerprint density at radius 2 is 1.42 bits per heavy atom. The molecule has 0 aliphatic rings. The third kappa shape index (κ3) is 3.50. The minimum Gasteiger partial charge on any atom is -0.457 e. The molecule has 2 rings (SSSR count). The van der Waals surface area contributed by atoms with Gasteiger partial charge in [-0.25, -0.2) is 0 Å². The zero-order chi connectivity index (χ0) is 18.0. The summed E-state index contributed by atoms with van der Waals surface area (Å²) in [4.78, 5) is 11.0. The van der Waals surface area contributed by atoms with Crippen molar-refractivity contribution in [2.24, 2.45) is 5.73 Å². The van der Waals surface area contributed by atoms with Gasteiger partial charge in [-0.15, -0.1) is 0 Å². The van der Waals surface area contributed by atoms with Crippen molar-refractivity contribution in [3.05, 3.63) is 59.7 Å². The molecular weight excluding hydrogens is 326 g/mol. The van der Waals surface area contributed by atoms with E-state index in [0.717, 1.165) is 19.1 Å². The SMILES string of the molecule is CCC(F)(F)C(F)(F)c1ccc(Oc2ccc(C(N)=O)cc2)cc1. The standard InChI is InChI=1S/C17H15F4NO2/c1-2-16(18,19)17(20,21)12-5-9-14(10-6-12)24-13-7-3-11(4-8-13)15(22)23/h3-10H,2H2,1H3,(H2,22,23). The number of nitrogens with two attached hydrogens (primary N) is 1. The average molecular weight is 341 g/mol. The van der Waals surface area contributed by atoms with E-state index in [2.05, 4.69) is 0 Å². The summed E-state index contributed by atoms with van der Waals surface area (Å²) in [6.07, 6.45) is -0.968. The van der Waals surface area contributed by atoms with Crippen LogP contribution in [0.4, 0.5) is 17.6 Å². The lowest BCUT2D eigenvalue weighted by Crippen LogP contribution is -2.37. The van der Waals surface area contributed by atoms with Crippen LogP contribution in [-0.2, 0) is 5.92 Å². The zero-order valence-electron chi connectivity index (χ0n) is 12.7. The maximum absolute atomic E-state index is 13.8. The Labute approximate surface area is 136 Å². The van der Waals surface area contributed by atoms with Gasteiger partial charge in [0.15, 0.2) is 0 Å². The summed E-state index contributed by atoms with van der Waals surface area (Å²) < 4.78 is 59.7. The molecule has 2 aromatic carbocycles. The molecule has 0 radical (unpaired) electrons. The maximum Gasteiger partial charge on any atom is 0.335 e. The van der Waals surface area contributed by atoms with E-state index in [-0.39, 0.29) is 5.75 Å². The number of hydrogen-bond acceptors (Lipinski definition) is 2. The van der Waals surface area contributed by atoms with E-state index in [1.54, 1.807) is 0 Å². The number of alkyl halides is 4. The fourth-order valence-corrected chi connectivity index (χ4v) is 1.99. The number of amides is 1. The lowest BCUT2D eigenvalue weighted by atomic mass is 10.0. The third-order valence-electron chi connectivity index (χ3n) is 3.49. The van der Waals surface area contributed by atoms with Gasteiger partial charge >= 0.3 is 11.8 Å². The number of primary amides is 1. The fraction of sp³-hybridized carbons (Fsp3) is 0.235. The minimum atomic E-state index is -4.26. The van der Waals surface area contributed by atoms with E-state index >= 15 is 0 Å². The van der Waals surface area contributed by atoms with Gasteiger partial charge in [-0.05, 0) is 48.5 Å². The number of halogens is 4. The summed E-state index contributed by atoms with van der Waals surface area (Å²) in [5.74, 6) is -8.44. The number of hydrogen-bond donors (Lipinski definition) is 1. The molecule has 2 N–H and O–H groups in total. The highest BCUT2D eigenvalue weighted by molar-refractivity contribution is 5.92. The van der Waals surface area contributed by atoms with Crippen molar-refractivity contribution in [3.8, 4) is 11.5 Å². The highest BCUT2D eigenvalue weighted by Gasteiger charge is 2.55. The van der Waals surface area contributed by atoms with Crippen LogP contribution < -0.4 is 10.5 Å². The Kier molecular flexibility index (Phi) is 4.82. The fourth-order valence-electron chi connectivity index (χ4n) is 1.99. The largest absolute Gasteiger partial charge is 0.457 e. The monoisotopic (exact) mass is 341 g/mol. The first-order valence-corrected chi connectivity index (χ1v) is 7.11. The highest BCUT2D eigenvalue weighted by atomic mass is 19.3. The van der Waals surface area contributed by atoms with Crippen LogP contribution in [0.1, 0.15) is 29.3 Å². The van der Waals surface area contributed by atoms with Gasteiger partial charge in [0, 0.05) is 17.5 Å². The molecule has 0 heterocycles. The van der Waals surface area contributed by atoms with Crippen LogP contribution in [0.25, 0.3) is 0 Å². The van der Waals surface area contributed by atoms with Crippen molar-refractivity contribution in [2.45, 2.75) is 25.2 Å². The summed E-state index contributed by atoms with van der Waals surface area (Å²) in [5.41, 5.74) is 4.61. The summed E-state index contributed by atoms with van der Waals surface area (Å²) in [6.45, 7) is 1.00. The zero-order valence-corrected chi connectivity index (χ0v) is 12.7. The van der Waals surface area contributed by atoms with Crippen LogP contribution in [0, 0.1) is 0 Å². The van der Waals surface area contributed by atoms with Gasteiger partial charge in [0.2, 0.25) is 5.91 Å². The molecule has 0 saturated carbocycles. The van der Waals surface area contributed by atoms with E-state index in [9.17, 15) is 22.4 Å². The van der Waals surface area contributed by atoms with E-state index in [0.29, 0.717) is 11.3 Å². The maximum atomic E-state index is 13.8. The van der Waals surface area contributed by atoms with Gasteiger partial charge in [-0.2, -0.15) is 17.6 Å². The Morgan fingerprint density at radius 3 is 1.83 bits per heavy atom. The van der Waals surface area contributed by atoms with Crippen LogP contribution in [0.2, 0.25) is 0 Å². The second-order valence-electron chi connectivity index (χ2n) is 5.15. The second kappa shape index (κ2) is 6.51. The van der Waals surface area contributed by atoms with Crippen molar-refractivity contribution in [3.63, 3.8) is 0 Å². The van der Waals surface area contributed by atoms with Gasteiger partial charge in [-0.1, -0.05) is 6.92 Å². The quantitative estimate of drug-likeness (QED) is 0.773. The number of rotatable bonds is 6. The summed E-state index contributed by atoms with van der Waals surface area (Å²) in [5, 5.41) is 0. The van der Waals surface area contributed by atoms with E-state index in [4.69, 9.17) is 10.5 Å². The van der Waals surface area contributed by atoms with E-state index in [1.807, 2.05) is 0 Å². The van der Waals surface area contributed by atoms with Gasteiger partial charge in [0.1, 0.15) is 11.5 Å². The minimum absolute atomic E-state index is 0.196. The normalized spacial score (nSPS) is 12.0. The van der Waals surface area contributed by atoms with Gasteiger partial charge in [0.05, 0.1) is 0 Å². The smallest absolute Gasteiger partial charge is 0.335 e. The predicted molar refractivity (Wildman–Crippen MR) is 80.6 cm³/mol. The molecule has 3 nitrogen and oxygen atoms in total. The van der Waals surface area contributed by atoms with Crippen molar-refractivity contribution in [1.82, 2.24) is 0 Å². The van der Waals surface area contributed by atoms with Crippen molar-refractivity contribution in [2.75, 3.05) is 0 Å². The second-order valence-corrected chi connectivity index (χ2v) is 5.15. The molecule has 0 spiro atoms. The first-order valence-electron chi connectivity index (χ1n) is 7.11. The highest BCUT2D eigenvalue weighted by Crippen LogP contribution is 2.45. The molecular formula is C17H15F4NO2. The topological polar surface area (TPSA) is 52.3 Å². The van der Waals surface area contributed by atoms with E-state index < -0.39 is 29.7 Å². The van der Waals surface area contributed by atoms with Crippen LogP contribution in [0.15, 0.2) is 48.5 Å². The molecule has 0 bridgehead atoms. The lowest BCUT2D eigenvalue weighted by Gasteiger charge is -2.25. The number of ether oxygens (including phenoxy) is 1. The molecule has 24 heavy (non-hydrogen) atoms. The van der Waals surface area contributed by atoms with E-state index in [1.165, 1.54) is 36.4 Å². The molecule has 0 atom stereocenters. The van der Waals surface area contributed by atoms with Crippen LogP contribution >= 0.6 is 0 Å². The molecule has 1 amide bonds. The Balaban J connectivity index is 2.16. The average Bonchev–Trinajstić information content (AvgIpc) is 2.55. The summed E-state index contributed by atoms with van der Waals surface area (Å²) in [6, 6.07) is 10.0. The van der Waals surface area contributed by atoms with Gasteiger partial charge in [-0.3, -0.25) is 4.79 Å². The van der Waals surface area contributed by atoms with Crippen molar-refractivity contribution >= 4 is 5.91 Å². The van der Waals surface area contributed by atoms with Crippen LogP contribution in [-0.4, -0.2) is 11.8 Å². The Morgan fingerprint density at radius 1 is 0.958 bits per heavy atom. The van der Waals surface area contributed by atoms with Crippen molar-refractivity contribution in [1.29, 1.82) is 0 Å². The molecule has 0 saturated heterocycles. The molecule has 0 aliphatic heterocycles. The summed E-state index contributed by atoms with van der Waals surface area (Å²) >= 11 is 0. The van der Waals surface area contributed by atoms with Gasteiger partial charge < -0.3 is 10.5 Å². The molecule has 0 unspecified atom stereocenters. The number of benzene rings is 2. The third-order valence-corrected chi connectivity index (χ3v) is 3.49. The molecule has 128 valence electrons. The Bertz CT molecular complexity index is 712. The van der Waals surface area contributed by atoms with Crippen molar-refractivity contribution < 1.29 is 27.1 Å². The predicted octanol–water partition coefficient (Wildman–Crippen LogP) is 4.71.